The maximum absolute atomic E-state index is 11.8. The predicted octanol–water partition coefficient (Wildman–Crippen LogP) is 3.66. The van der Waals surface area contributed by atoms with Gasteiger partial charge >= 0.3 is 0 Å². The van der Waals surface area contributed by atoms with Crippen LogP contribution in [0.15, 0.2) is 60.9 Å². The minimum absolute atomic E-state index is 0.164. The Balaban J connectivity index is 1.56. The molecule has 0 atom stereocenters. The molecular weight excluding hydrogens is 324 g/mol. The van der Waals surface area contributed by atoms with E-state index in [2.05, 4.69) is 33.5 Å². The Morgan fingerprint density at radius 3 is 2.77 bits per heavy atom. The second-order valence-corrected chi connectivity index (χ2v) is 6.42. The van der Waals surface area contributed by atoms with E-state index in [9.17, 15) is 4.79 Å². The van der Waals surface area contributed by atoms with Gasteiger partial charge in [-0.1, -0.05) is 36.4 Å². The molecule has 5 nitrogen and oxygen atoms in total. The van der Waals surface area contributed by atoms with Crippen LogP contribution < -0.4 is 10.2 Å². The molecule has 0 saturated carbocycles. The lowest BCUT2D eigenvalue weighted by atomic mass is 9.98. The van der Waals surface area contributed by atoms with Crippen LogP contribution in [0.3, 0.4) is 0 Å². The highest BCUT2D eigenvalue weighted by Crippen LogP contribution is 2.30. The van der Waals surface area contributed by atoms with Crippen LogP contribution in [0.1, 0.15) is 17.5 Å². The molecule has 4 rings (SSSR count). The number of hydrogen-bond donors (Lipinski definition) is 1. The van der Waals surface area contributed by atoms with E-state index in [1.54, 1.807) is 17.3 Å². The predicted molar refractivity (Wildman–Crippen MR) is 103 cm³/mol. The van der Waals surface area contributed by atoms with E-state index in [4.69, 9.17) is 0 Å². The molecule has 1 aliphatic rings. The van der Waals surface area contributed by atoms with E-state index in [0.717, 1.165) is 29.2 Å². The Morgan fingerprint density at radius 2 is 1.92 bits per heavy atom. The summed E-state index contributed by atoms with van der Waals surface area (Å²) >= 11 is 0. The zero-order valence-corrected chi connectivity index (χ0v) is 14.6. The molecule has 2 heterocycles. The molecule has 3 aromatic rings. The molecule has 0 unspecified atom stereocenters. The van der Waals surface area contributed by atoms with Crippen molar-refractivity contribution in [1.29, 1.82) is 0 Å². The van der Waals surface area contributed by atoms with Crippen LogP contribution in [0, 0.1) is 0 Å². The van der Waals surface area contributed by atoms with Crippen LogP contribution in [0.5, 0.6) is 0 Å². The number of nitrogens with zero attached hydrogens (tertiary/aromatic N) is 3. The minimum atomic E-state index is 0.164. The second-order valence-electron chi connectivity index (χ2n) is 6.42. The molecule has 1 aromatic heterocycles. The second kappa shape index (κ2) is 6.96. The zero-order valence-electron chi connectivity index (χ0n) is 14.6. The molecule has 0 saturated heterocycles. The van der Waals surface area contributed by atoms with Gasteiger partial charge in [-0.2, -0.15) is 0 Å². The van der Waals surface area contributed by atoms with E-state index >= 15 is 0 Å². The zero-order chi connectivity index (χ0) is 17.9. The molecule has 1 aliphatic heterocycles. The van der Waals surface area contributed by atoms with Crippen molar-refractivity contribution in [2.24, 2.45) is 0 Å². The molecular formula is C21H20N4O. The largest absolute Gasteiger partial charge is 0.365 e. The summed E-state index contributed by atoms with van der Waals surface area (Å²) in [6, 6.07) is 16.3. The number of fused-ring (bicyclic) bond motifs is 1. The maximum atomic E-state index is 11.8. The van der Waals surface area contributed by atoms with Crippen molar-refractivity contribution in [2.45, 2.75) is 19.4 Å². The summed E-state index contributed by atoms with van der Waals surface area (Å²) in [5.41, 5.74) is 5.19. The molecule has 0 radical (unpaired) electrons. The quantitative estimate of drug-likeness (QED) is 0.785. The highest BCUT2D eigenvalue weighted by molar-refractivity contribution is 5.96. The molecule has 130 valence electrons. The fourth-order valence-corrected chi connectivity index (χ4v) is 3.19. The Bertz CT molecular complexity index is 940. The van der Waals surface area contributed by atoms with Gasteiger partial charge in [0.2, 0.25) is 5.91 Å². The van der Waals surface area contributed by atoms with Crippen LogP contribution in [0.2, 0.25) is 0 Å². The van der Waals surface area contributed by atoms with Crippen molar-refractivity contribution in [3.63, 3.8) is 0 Å². The Labute approximate surface area is 152 Å². The van der Waals surface area contributed by atoms with Crippen LogP contribution in [-0.4, -0.2) is 22.9 Å². The number of aromatic nitrogens is 2. The lowest BCUT2D eigenvalue weighted by Gasteiger charge is -2.26. The van der Waals surface area contributed by atoms with Crippen molar-refractivity contribution in [1.82, 2.24) is 9.97 Å². The minimum Gasteiger partial charge on any atom is -0.365 e. The molecule has 26 heavy (non-hydrogen) atoms. The Kier molecular flexibility index (Phi) is 4.35. The number of rotatable bonds is 4. The van der Waals surface area contributed by atoms with Crippen LogP contribution in [0.4, 0.5) is 11.5 Å². The SMILES string of the molecule is CN1C(=O)CCc2cc(-c3cncc(NCc4ccccc4)n3)ccc21. The molecule has 1 N–H and O–H groups in total. The first-order valence-electron chi connectivity index (χ1n) is 8.70. The monoisotopic (exact) mass is 344 g/mol. The maximum Gasteiger partial charge on any atom is 0.227 e. The molecule has 0 bridgehead atoms. The van der Waals surface area contributed by atoms with E-state index < -0.39 is 0 Å². The number of amides is 1. The van der Waals surface area contributed by atoms with E-state index in [0.29, 0.717) is 13.0 Å². The highest BCUT2D eigenvalue weighted by atomic mass is 16.2. The van der Waals surface area contributed by atoms with Crippen LogP contribution in [-0.2, 0) is 17.8 Å². The molecule has 2 aromatic carbocycles. The number of nitrogens with one attached hydrogen (secondary N) is 1. The average Bonchev–Trinajstić information content (AvgIpc) is 2.70. The van der Waals surface area contributed by atoms with E-state index in [-0.39, 0.29) is 5.91 Å². The van der Waals surface area contributed by atoms with Crippen molar-refractivity contribution in [3.8, 4) is 11.3 Å². The summed E-state index contributed by atoms with van der Waals surface area (Å²) in [5, 5.41) is 3.32. The fourth-order valence-electron chi connectivity index (χ4n) is 3.19. The third-order valence-electron chi connectivity index (χ3n) is 4.67. The summed E-state index contributed by atoms with van der Waals surface area (Å²) in [6.45, 7) is 0.704. The molecule has 1 amide bonds. The van der Waals surface area contributed by atoms with Crippen molar-refractivity contribution >= 4 is 17.4 Å². The number of carbonyl (C=O) groups excluding carboxylic acids is 1. The van der Waals surface area contributed by atoms with Crippen molar-refractivity contribution in [3.05, 3.63) is 72.1 Å². The molecule has 0 fully saturated rings. The van der Waals surface area contributed by atoms with Crippen molar-refractivity contribution < 1.29 is 4.79 Å². The smallest absolute Gasteiger partial charge is 0.227 e. The summed E-state index contributed by atoms with van der Waals surface area (Å²) in [5.74, 6) is 0.911. The Morgan fingerprint density at radius 1 is 1.08 bits per heavy atom. The van der Waals surface area contributed by atoms with Gasteiger partial charge in [0, 0.05) is 31.3 Å². The summed E-state index contributed by atoms with van der Waals surface area (Å²) in [6.07, 6.45) is 4.83. The molecule has 5 heteroatoms. The summed E-state index contributed by atoms with van der Waals surface area (Å²) in [4.78, 5) is 22.6. The third-order valence-corrected chi connectivity index (χ3v) is 4.67. The summed E-state index contributed by atoms with van der Waals surface area (Å²) in [7, 11) is 1.83. The number of anilines is 2. The average molecular weight is 344 g/mol. The van der Waals surface area contributed by atoms with E-state index in [1.807, 2.05) is 37.4 Å². The van der Waals surface area contributed by atoms with Gasteiger partial charge in [-0.15, -0.1) is 0 Å². The van der Waals surface area contributed by atoms with Gasteiger partial charge in [-0.05, 0) is 29.7 Å². The van der Waals surface area contributed by atoms with Gasteiger partial charge < -0.3 is 10.2 Å². The normalized spacial score (nSPS) is 13.4. The highest BCUT2D eigenvalue weighted by Gasteiger charge is 2.21. The first-order chi connectivity index (χ1) is 12.7. The number of aryl methyl sites for hydroxylation is 1. The van der Waals surface area contributed by atoms with Crippen LogP contribution >= 0.6 is 0 Å². The molecule has 0 spiro atoms. The van der Waals surface area contributed by atoms with Gasteiger partial charge in [-0.3, -0.25) is 9.78 Å². The van der Waals surface area contributed by atoms with Crippen molar-refractivity contribution in [2.75, 3.05) is 17.3 Å². The summed E-state index contributed by atoms with van der Waals surface area (Å²) < 4.78 is 0. The van der Waals surface area contributed by atoms with Gasteiger partial charge in [-0.25, -0.2) is 4.98 Å². The fraction of sp³-hybridized carbons (Fsp3) is 0.190. The van der Waals surface area contributed by atoms with Gasteiger partial charge in [0.25, 0.3) is 0 Å². The van der Waals surface area contributed by atoms with Gasteiger partial charge in [0.15, 0.2) is 0 Å². The topological polar surface area (TPSA) is 58.1 Å². The van der Waals surface area contributed by atoms with E-state index in [1.165, 1.54) is 11.1 Å². The molecule has 0 aliphatic carbocycles. The Hall–Kier alpha value is -3.21. The first kappa shape index (κ1) is 16.3. The van der Waals surface area contributed by atoms with Gasteiger partial charge in [0.05, 0.1) is 18.1 Å². The van der Waals surface area contributed by atoms with Crippen LogP contribution in [0.25, 0.3) is 11.3 Å². The number of hydrogen-bond acceptors (Lipinski definition) is 4. The number of benzene rings is 2. The standard InChI is InChI=1S/C21H20N4O/c1-25-19-9-7-16(11-17(19)8-10-21(25)26)18-13-22-14-20(24-18)23-12-15-5-3-2-4-6-15/h2-7,9,11,13-14H,8,10,12H2,1H3,(H,23,24). The third kappa shape index (κ3) is 3.28. The number of carbonyl (C=O) groups is 1. The lowest BCUT2D eigenvalue weighted by Crippen LogP contribution is -2.30. The first-order valence-corrected chi connectivity index (χ1v) is 8.70. The van der Waals surface area contributed by atoms with Gasteiger partial charge in [0.1, 0.15) is 5.82 Å². The lowest BCUT2D eigenvalue weighted by molar-refractivity contribution is -0.118.